The Morgan fingerprint density at radius 2 is 1.84 bits per heavy atom. The van der Waals surface area contributed by atoms with Crippen LogP contribution in [0, 0.1) is 6.92 Å². The molecule has 0 radical (unpaired) electrons. The first-order valence-electron chi connectivity index (χ1n) is 9.63. The van der Waals surface area contributed by atoms with Crippen LogP contribution in [0.15, 0.2) is 42.5 Å². The van der Waals surface area contributed by atoms with Gasteiger partial charge in [0.1, 0.15) is 5.01 Å². The van der Waals surface area contributed by atoms with Gasteiger partial charge in [0, 0.05) is 12.6 Å². The molecule has 0 fully saturated rings. The molecule has 2 heterocycles. The summed E-state index contributed by atoms with van der Waals surface area (Å²) < 4.78 is 10.8. The van der Waals surface area contributed by atoms with Crippen molar-refractivity contribution in [3.63, 3.8) is 0 Å². The van der Waals surface area contributed by atoms with Crippen LogP contribution in [0.4, 0.5) is 5.13 Å². The van der Waals surface area contributed by atoms with E-state index in [0.717, 1.165) is 10.6 Å². The van der Waals surface area contributed by atoms with Crippen molar-refractivity contribution < 1.29 is 19.1 Å². The number of hydrogen-bond acceptors (Lipinski definition) is 7. The van der Waals surface area contributed by atoms with Crippen LogP contribution in [0.2, 0.25) is 0 Å². The van der Waals surface area contributed by atoms with Gasteiger partial charge >= 0.3 is 0 Å². The molecule has 0 aliphatic carbocycles. The third kappa shape index (κ3) is 3.72. The van der Waals surface area contributed by atoms with Gasteiger partial charge in [0.15, 0.2) is 11.5 Å². The van der Waals surface area contributed by atoms with Gasteiger partial charge in [-0.05, 0) is 36.2 Å². The average Bonchev–Trinajstić information content (AvgIpc) is 3.19. The number of fused-ring (bicyclic) bond motifs is 1. The van der Waals surface area contributed by atoms with Crippen LogP contribution in [0.1, 0.15) is 38.5 Å². The summed E-state index contributed by atoms with van der Waals surface area (Å²) in [4.78, 5) is 28.2. The van der Waals surface area contributed by atoms with Gasteiger partial charge in [-0.25, -0.2) is 0 Å². The highest BCUT2D eigenvalue weighted by atomic mass is 32.1. The Kier molecular flexibility index (Phi) is 5.60. The molecule has 2 atom stereocenters. The van der Waals surface area contributed by atoms with Gasteiger partial charge in [-0.3, -0.25) is 14.9 Å². The number of aromatic nitrogens is 2. The Balaban J connectivity index is 1.83. The molecule has 1 N–H and O–H groups in total. The van der Waals surface area contributed by atoms with Gasteiger partial charge in [-0.15, -0.1) is 10.2 Å². The van der Waals surface area contributed by atoms with Gasteiger partial charge in [0.2, 0.25) is 11.0 Å². The second-order valence-electron chi connectivity index (χ2n) is 7.16. The largest absolute Gasteiger partial charge is 0.493 e. The lowest BCUT2D eigenvalue weighted by Crippen LogP contribution is -2.44. The highest BCUT2D eigenvalue weighted by molar-refractivity contribution is 7.15. The minimum Gasteiger partial charge on any atom is -0.493 e. The van der Waals surface area contributed by atoms with E-state index in [1.165, 1.54) is 11.3 Å². The number of anilines is 1. The molecule has 0 spiro atoms. The van der Waals surface area contributed by atoms with Crippen molar-refractivity contribution in [3.8, 4) is 11.5 Å². The Labute approximate surface area is 183 Å². The number of nitrogens with zero attached hydrogens (tertiary/aromatic N) is 3. The van der Waals surface area contributed by atoms with Crippen molar-refractivity contribution in [1.82, 2.24) is 15.1 Å². The lowest BCUT2D eigenvalue weighted by molar-refractivity contribution is -0.119. The summed E-state index contributed by atoms with van der Waals surface area (Å²) in [6.07, 6.45) is 0. The SMILES string of the molecule is COc1ccc(C2C(C(=O)Nc3nnc(C)s3)c3ccccc3C(=O)N2C)cc1OC. The van der Waals surface area contributed by atoms with E-state index in [4.69, 9.17) is 9.47 Å². The third-order valence-corrected chi connectivity index (χ3v) is 6.12. The molecular weight excluding hydrogens is 416 g/mol. The van der Waals surface area contributed by atoms with Gasteiger partial charge < -0.3 is 14.4 Å². The number of hydrogen-bond donors (Lipinski definition) is 1. The van der Waals surface area contributed by atoms with E-state index in [-0.39, 0.29) is 11.8 Å². The first-order valence-corrected chi connectivity index (χ1v) is 10.4. The first kappa shape index (κ1) is 20.8. The van der Waals surface area contributed by atoms with E-state index in [2.05, 4.69) is 15.5 Å². The molecule has 2 aromatic carbocycles. The standard InChI is InChI=1S/C22H22N4O4S/c1-12-24-25-22(31-12)23-20(27)18-14-7-5-6-8-15(14)21(28)26(2)19(18)13-9-10-16(29-3)17(11-13)30-4/h5-11,18-19H,1-4H3,(H,23,25,27). The number of carbonyl (C=O) groups is 2. The number of nitrogens with one attached hydrogen (secondary N) is 1. The number of methoxy groups -OCH3 is 2. The molecule has 2 amide bonds. The maximum absolute atomic E-state index is 13.5. The Hall–Kier alpha value is -3.46. The average molecular weight is 439 g/mol. The number of aryl methyl sites for hydroxylation is 1. The van der Waals surface area contributed by atoms with E-state index in [1.807, 2.05) is 25.1 Å². The van der Waals surface area contributed by atoms with E-state index >= 15 is 0 Å². The molecule has 0 saturated heterocycles. The lowest BCUT2D eigenvalue weighted by atomic mass is 9.79. The van der Waals surface area contributed by atoms with Crippen LogP contribution in [0.3, 0.4) is 0 Å². The summed E-state index contributed by atoms with van der Waals surface area (Å²) in [5, 5.41) is 12.0. The minimum atomic E-state index is -0.652. The summed E-state index contributed by atoms with van der Waals surface area (Å²) in [5.74, 6) is 0.0375. The summed E-state index contributed by atoms with van der Waals surface area (Å²) >= 11 is 1.30. The molecule has 4 rings (SSSR count). The molecule has 0 saturated carbocycles. The van der Waals surface area contributed by atoms with Crippen LogP contribution in [-0.2, 0) is 4.79 Å². The highest BCUT2D eigenvalue weighted by Crippen LogP contribution is 2.44. The zero-order valence-electron chi connectivity index (χ0n) is 17.6. The highest BCUT2D eigenvalue weighted by Gasteiger charge is 2.43. The van der Waals surface area contributed by atoms with E-state index in [9.17, 15) is 9.59 Å². The zero-order valence-corrected chi connectivity index (χ0v) is 18.4. The second kappa shape index (κ2) is 8.35. The van der Waals surface area contributed by atoms with Crippen molar-refractivity contribution in [2.45, 2.75) is 18.9 Å². The van der Waals surface area contributed by atoms with E-state index in [0.29, 0.717) is 27.8 Å². The quantitative estimate of drug-likeness (QED) is 0.656. The summed E-state index contributed by atoms with van der Waals surface area (Å²) in [6, 6.07) is 12.1. The third-order valence-electron chi connectivity index (χ3n) is 5.37. The number of rotatable bonds is 5. The van der Waals surface area contributed by atoms with Gasteiger partial charge in [0.25, 0.3) is 5.91 Å². The number of amides is 2. The van der Waals surface area contributed by atoms with Crippen LogP contribution in [0.5, 0.6) is 11.5 Å². The lowest BCUT2D eigenvalue weighted by Gasteiger charge is -2.39. The van der Waals surface area contributed by atoms with Gasteiger partial charge in [-0.2, -0.15) is 0 Å². The first-order chi connectivity index (χ1) is 14.9. The number of likely N-dealkylation sites (N-methyl/N-ethyl adjacent to an activating group) is 1. The molecule has 3 aromatic rings. The van der Waals surface area contributed by atoms with Crippen LogP contribution < -0.4 is 14.8 Å². The zero-order chi connectivity index (χ0) is 22.1. The molecule has 31 heavy (non-hydrogen) atoms. The van der Waals surface area contributed by atoms with Crippen molar-refractivity contribution >= 4 is 28.3 Å². The maximum atomic E-state index is 13.5. The Bertz CT molecular complexity index is 1150. The predicted molar refractivity (Wildman–Crippen MR) is 117 cm³/mol. The predicted octanol–water partition coefficient (Wildman–Crippen LogP) is 3.41. The Morgan fingerprint density at radius 1 is 1.10 bits per heavy atom. The summed E-state index contributed by atoms with van der Waals surface area (Å²) in [5.41, 5.74) is 1.94. The second-order valence-corrected chi connectivity index (χ2v) is 8.34. The molecule has 1 aromatic heterocycles. The molecule has 8 nitrogen and oxygen atoms in total. The van der Waals surface area contributed by atoms with Crippen molar-refractivity contribution in [2.75, 3.05) is 26.6 Å². The van der Waals surface area contributed by atoms with Crippen LogP contribution in [-0.4, -0.2) is 48.2 Å². The number of ether oxygens (including phenoxy) is 2. The van der Waals surface area contributed by atoms with E-state index < -0.39 is 12.0 Å². The molecule has 9 heteroatoms. The number of benzene rings is 2. The molecule has 1 aliphatic heterocycles. The van der Waals surface area contributed by atoms with Crippen LogP contribution in [0.25, 0.3) is 0 Å². The number of carbonyl (C=O) groups excluding carboxylic acids is 2. The van der Waals surface area contributed by atoms with Crippen molar-refractivity contribution in [3.05, 3.63) is 64.2 Å². The molecule has 1 aliphatic rings. The van der Waals surface area contributed by atoms with Gasteiger partial charge in [0.05, 0.1) is 26.2 Å². The maximum Gasteiger partial charge on any atom is 0.254 e. The normalized spacial score (nSPS) is 17.8. The topological polar surface area (TPSA) is 93.7 Å². The molecule has 2 unspecified atom stereocenters. The van der Waals surface area contributed by atoms with Gasteiger partial charge in [-0.1, -0.05) is 35.6 Å². The van der Waals surface area contributed by atoms with Crippen molar-refractivity contribution in [1.29, 1.82) is 0 Å². The minimum absolute atomic E-state index is 0.147. The molecule has 0 bridgehead atoms. The fourth-order valence-corrected chi connectivity index (χ4v) is 4.54. The fraction of sp³-hybridized carbons (Fsp3) is 0.273. The fourth-order valence-electron chi connectivity index (χ4n) is 3.94. The summed E-state index contributed by atoms with van der Waals surface area (Å²) in [7, 11) is 4.81. The van der Waals surface area contributed by atoms with Crippen LogP contribution >= 0.6 is 11.3 Å². The smallest absolute Gasteiger partial charge is 0.254 e. The molecule has 160 valence electrons. The Morgan fingerprint density at radius 3 is 2.52 bits per heavy atom. The summed E-state index contributed by atoms with van der Waals surface area (Å²) in [6.45, 7) is 1.82. The van der Waals surface area contributed by atoms with Crippen molar-refractivity contribution in [2.24, 2.45) is 0 Å². The van der Waals surface area contributed by atoms with E-state index in [1.54, 1.807) is 50.4 Å². The molecular formula is C22H22N4O4S. The monoisotopic (exact) mass is 438 g/mol.